The van der Waals surface area contributed by atoms with Crippen molar-refractivity contribution in [3.05, 3.63) is 101 Å². The van der Waals surface area contributed by atoms with Crippen LogP contribution in [0.15, 0.2) is 83.5 Å². The summed E-state index contributed by atoms with van der Waals surface area (Å²) in [5.74, 6) is 0.703. The van der Waals surface area contributed by atoms with Gasteiger partial charge in [-0.2, -0.15) is 0 Å². The standard InChI is InChI=1S/C27H31FN4O2/c1-16-8-6-9-20(12-16)30-26(14-17(2)19(4)34-5)32-27(33)21-15-22(23(28)13-18(21)3)24-10-7-11-25(29)31-24/h6,9-10,12-16,30H,2,4,7-8,11H2,1,3,5H3,(H2,29,31)(H,32,33)/b26-14+. The van der Waals surface area contributed by atoms with Crippen LogP contribution in [0.25, 0.3) is 5.70 Å². The van der Waals surface area contributed by atoms with Crippen LogP contribution < -0.4 is 16.4 Å². The van der Waals surface area contributed by atoms with E-state index in [0.29, 0.717) is 58.6 Å². The van der Waals surface area contributed by atoms with Gasteiger partial charge in [-0.15, -0.1) is 0 Å². The molecular formula is C27H31FN4O2. The Balaban J connectivity index is 1.93. The topological polar surface area (TPSA) is 88.7 Å². The maximum absolute atomic E-state index is 14.8. The molecule has 4 N–H and O–H groups in total. The lowest BCUT2D eigenvalue weighted by Gasteiger charge is -2.19. The molecule has 1 atom stereocenters. The van der Waals surface area contributed by atoms with Crippen LogP contribution in [0.4, 0.5) is 4.39 Å². The Morgan fingerprint density at radius 3 is 2.79 bits per heavy atom. The van der Waals surface area contributed by atoms with Gasteiger partial charge in [-0.3, -0.25) is 4.79 Å². The first-order valence-corrected chi connectivity index (χ1v) is 11.1. The van der Waals surface area contributed by atoms with Crippen LogP contribution in [0.1, 0.15) is 47.7 Å². The molecule has 1 aromatic carbocycles. The second kappa shape index (κ2) is 10.8. The molecule has 0 saturated heterocycles. The van der Waals surface area contributed by atoms with Crippen molar-refractivity contribution in [2.45, 2.75) is 33.1 Å². The lowest BCUT2D eigenvalue weighted by atomic mass is 10.00. The third-order valence-corrected chi connectivity index (χ3v) is 5.56. The molecule has 1 aliphatic heterocycles. The fraction of sp³-hybridized carbons (Fsp3) is 0.259. The van der Waals surface area contributed by atoms with Gasteiger partial charge in [-0.1, -0.05) is 38.3 Å². The van der Waals surface area contributed by atoms with E-state index in [0.717, 1.165) is 12.1 Å². The number of ether oxygens (including phenoxy) is 1. The second-order valence-corrected chi connectivity index (χ2v) is 8.41. The van der Waals surface area contributed by atoms with E-state index in [4.69, 9.17) is 10.5 Å². The molecule has 7 heteroatoms. The Labute approximate surface area is 200 Å². The molecule has 1 heterocycles. The van der Waals surface area contributed by atoms with Gasteiger partial charge in [-0.05, 0) is 55.5 Å². The molecule has 1 amide bonds. The summed E-state index contributed by atoms with van der Waals surface area (Å²) in [5, 5.41) is 6.11. The highest BCUT2D eigenvalue weighted by molar-refractivity contribution is 5.98. The van der Waals surface area contributed by atoms with Crippen LogP contribution >= 0.6 is 0 Å². The van der Waals surface area contributed by atoms with Gasteiger partial charge in [0.25, 0.3) is 5.91 Å². The first kappa shape index (κ1) is 24.8. The Bertz CT molecular complexity index is 1170. The number of amides is 1. The van der Waals surface area contributed by atoms with E-state index in [2.05, 4.69) is 47.9 Å². The first-order chi connectivity index (χ1) is 16.2. The number of methoxy groups -OCH3 is 1. The SMILES string of the molecule is C=C(/C=C(/NC(=O)c1cc(C2=CCCC(N)=N2)c(F)cc1C)NC1=CC(C)CC=C1)C(=C)OC. The van der Waals surface area contributed by atoms with Gasteiger partial charge in [-0.25, -0.2) is 9.38 Å². The number of amidine groups is 1. The number of nitrogens with zero attached hydrogens (tertiary/aromatic N) is 1. The number of nitrogens with one attached hydrogen (secondary N) is 2. The maximum Gasteiger partial charge on any atom is 0.257 e. The molecule has 34 heavy (non-hydrogen) atoms. The van der Waals surface area contributed by atoms with Gasteiger partial charge in [0.05, 0.1) is 18.6 Å². The quantitative estimate of drug-likeness (QED) is 0.375. The molecule has 1 aromatic rings. The molecule has 0 bridgehead atoms. The summed E-state index contributed by atoms with van der Waals surface area (Å²) in [6.07, 6.45) is 11.8. The summed E-state index contributed by atoms with van der Waals surface area (Å²) in [7, 11) is 1.50. The minimum atomic E-state index is -0.455. The monoisotopic (exact) mass is 462 g/mol. The smallest absolute Gasteiger partial charge is 0.257 e. The summed E-state index contributed by atoms with van der Waals surface area (Å²) in [6, 6.07) is 2.85. The second-order valence-electron chi connectivity index (χ2n) is 8.41. The van der Waals surface area contributed by atoms with E-state index in [1.807, 2.05) is 12.2 Å². The van der Waals surface area contributed by atoms with E-state index < -0.39 is 11.7 Å². The van der Waals surface area contributed by atoms with Crippen molar-refractivity contribution in [1.29, 1.82) is 0 Å². The Hall–Kier alpha value is -3.87. The summed E-state index contributed by atoms with van der Waals surface area (Å²) in [5.41, 5.74) is 8.66. The number of hydrogen-bond acceptors (Lipinski definition) is 5. The van der Waals surface area contributed by atoms with Gasteiger partial charge in [0.15, 0.2) is 0 Å². The van der Waals surface area contributed by atoms with Gasteiger partial charge < -0.3 is 21.1 Å². The van der Waals surface area contributed by atoms with Crippen LogP contribution in [0.2, 0.25) is 0 Å². The van der Waals surface area contributed by atoms with E-state index in [-0.39, 0.29) is 5.56 Å². The Morgan fingerprint density at radius 1 is 1.35 bits per heavy atom. The molecule has 3 rings (SSSR count). The Morgan fingerprint density at radius 2 is 2.12 bits per heavy atom. The zero-order chi connectivity index (χ0) is 24.8. The number of carbonyl (C=O) groups is 1. The summed E-state index contributed by atoms with van der Waals surface area (Å²) in [4.78, 5) is 17.6. The van der Waals surface area contributed by atoms with Crippen LogP contribution in [0.3, 0.4) is 0 Å². The van der Waals surface area contributed by atoms with Gasteiger partial charge >= 0.3 is 0 Å². The zero-order valence-electron chi connectivity index (χ0n) is 19.9. The van der Waals surface area contributed by atoms with Crippen LogP contribution in [0.5, 0.6) is 0 Å². The molecule has 0 spiro atoms. The number of nitrogens with two attached hydrogens (primary N) is 1. The average Bonchev–Trinajstić information content (AvgIpc) is 2.78. The van der Waals surface area contributed by atoms with Crippen molar-refractivity contribution in [2.24, 2.45) is 16.6 Å². The van der Waals surface area contributed by atoms with Crippen molar-refractivity contribution in [1.82, 2.24) is 10.6 Å². The largest absolute Gasteiger partial charge is 0.497 e. The van der Waals surface area contributed by atoms with E-state index in [1.165, 1.54) is 19.2 Å². The van der Waals surface area contributed by atoms with E-state index in [9.17, 15) is 9.18 Å². The lowest BCUT2D eigenvalue weighted by molar-refractivity contribution is 0.0963. The molecule has 1 aliphatic carbocycles. The van der Waals surface area contributed by atoms with Crippen molar-refractivity contribution in [3.8, 4) is 0 Å². The summed E-state index contributed by atoms with van der Waals surface area (Å²) in [6.45, 7) is 11.6. The summed E-state index contributed by atoms with van der Waals surface area (Å²) < 4.78 is 19.9. The van der Waals surface area contributed by atoms with Crippen molar-refractivity contribution < 1.29 is 13.9 Å². The third kappa shape index (κ3) is 6.13. The first-order valence-electron chi connectivity index (χ1n) is 11.1. The normalized spacial score (nSPS) is 17.8. The molecule has 0 aromatic heterocycles. The molecule has 0 radical (unpaired) electrons. The predicted octanol–water partition coefficient (Wildman–Crippen LogP) is 4.98. The average molecular weight is 463 g/mol. The number of hydrogen-bond donors (Lipinski definition) is 3. The molecule has 6 nitrogen and oxygen atoms in total. The number of halogens is 1. The van der Waals surface area contributed by atoms with Crippen molar-refractivity contribution >= 4 is 17.4 Å². The third-order valence-electron chi connectivity index (χ3n) is 5.56. The highest BCUT2D eigenvalue weighted by atomic mass is 19.1. The molecular weight excluding hydrogens is 431 g/mol. The van der Waals surface area contributed by atoms with Crippen molar-refractivity contribution in [2.75, 3.05) is 7.11 Å². The minimum absolute atomic E-state index is 0.237. The fourth-order valence-corrected chi connectivity index (χ4v) is 3.65. The number of aryl methyl sites for hydroxylation is 1. The fourth-order valence-electron chi connectivity index (χ4n) is 3.65. The minimum Gasteiger partial charge on any atom is -0.497 e. The van der Waals surface area contributed by atoms with Crippen LogP contribution in [-0.4, -0.2) is 18.9 Å². The van der Waals surface area contributed by atoms with Crippen LogP contribution in [-0.2, 0) is 4.74 Å². The number of carbonyl (C=O) groups excluding carboxylic acids is 1. The van der Waals surface area contributed by atoms with Crippen LogP contribution in [0, 0.1) is 18.7 Å². The Kier molecular flexibility index (Phi) is 7.89. The highest BCUT2D eigenvalue weighted by Gasteiger charge is 2.19. The molecule has 0 fully saturated rings. The number of rotatable bonds is 8. The van der Waals surface area contributed by atoms with E-state index in [1.54, 1.807) is 13.0 Å². The van der Waals surface area contributed by atoms with Gasteiger partial charge in [0.2, 0.25) is 0 Å². The molecule has 0 saturated carbocycles. The van der Waals surface area contributed by atoms with Crippen molar-refractivity contribution in [3.63, 3.8) is 0 Å². The molecule has 2 aliphatic rings. The lowest BCUT2D eigenvalue weighted by Crippen LogP contribution is -2.32. The van der Waals surface area contributed by atoms with Gasteiger partial charge in [0.1, 0.15) is 17.4 Å². The number of benzene rings is 1. The molecule has 1 unspecified atom stereocenters. The highest BCUT2D eigenvalue weighted by Crippen LogP contribution is 2.26. The number of allylic oxidation sites excluding steroid dienone is 5. The maximum atomic E-state index is 14.8. The van der Waals surface area contributed by atoms with Gasteiger partial charge in [0, 0.05) is 28.8 Å². The number of aliphatic imine (C=N–C) groups is 1. The van der Waals surface area contributed by atoms with E-state index >= 15 is 0 Å². The summed E-state index contributed by atoms with van der Waals surface area (Å²) >= 11 is 0. The zero-order valence-corrected chi connectivity index (χ0v) is 19.9. The molecule has 178 valence electrons. The predicted molar refractivity (Wildman–Crippen MR) is 135 cm³/mol.